The van der Waals surface area contributed by atoms with Crippen molar-refractivity contribution in [2.45, 2.75) is 33.3 Å². The van der Waals surface area contributed by atoms with Crippen LogP contribution in [0, 0.1) is 5.92 Å². The second-order valence-corrected chi connectivity index (χ2v) is 3.56. The van der Waals surface area contributed by atoms with Crippen LogP contribution in [0.15, 0.2) is 0 Å². The van der Waals surface area contributed by atoms with E-state index in [0.717, 1.165) is 0 Å². The van der Waals surface area contributed by atoms with E-state index in [-0.39, 0.29) is 11.8 Å². The van der Waals surface area contributed by atoms with Crippen LogP contribution in [0.5, 0.6) is 0 Å². The lowest BCUT2D eigenvalue weighted by atomic mass is 10.1. The second kappa shape index (κ2) is 7.76. The lowest BCUT2D eigenvalue weighted by Crippen LogP contribution is -2.35. The molecule has 0 aromatic carbocycles. The quantitative estimate of drug-likeness (QED) is 0.594. The molecule has 14 heavy (non-hydrogen) atoms. The van der Waals surface area contributed by atoms with E-state index in [9.17, 15) is 9.90 Å². The van der Waals surface area contributed by atoms with Gasteiger partial charge in [-0.1, -0.05) is 13.8 Å². The highest BCUT2D eigenvalue weighted by molar-refractivity contribution is 5.75. The molecule has 0 aromatic heterocycles. The number of ether oxygens (including phenoxy) is 1. The van der Waals surface area contributed by atoms with E-state index in [2.05, 4.69) is 5.32 Å². The Morgan fingerprint density at radius 2 is 2.14 bits per heavy atom. The van der Waals surface area contributed by atoms with Crippen molar-refractivity contribution < 1.29 is 14.6 Å². The largest absolute Gasteiger partial charge is 0.391 e. The molecule has 0 spiro atoms. The third-order valence-electron chi connectivity index (χ3n) is 1.96. The molecule has 0 aliphatic heterocycles. The van der Waals surface area contributed by atoms with Gasteiger partial charge in [-0.2, -0.15) is 0 Å². The van der Waals surface area contributed by atoms with Crippen molar-refractivity contribution in [2.24, 2.45) is 5.92 Å². The molecule has 0 rings (SSSR count). The van der Waals surface area contributed by atoms with Crippen LogP contribution >= 0.6 is 0 Å². The highest BCUT2D eigenvalue weighted by atomic mass is 16.5. The fraction of sp³-hybridized carbons (Fsp3) is 0.900. The molecule has 0 aromatic rings. The predicted molar refractivity (Wildman–Crippen MR) is 55.0 cm³/mol. The Labute approximate surface area is 85.6 Å². The molecule has 0 aliphatic carbocycles. The molecule has 4 nitrogen and oxygen atoms in total. The molecule has 1 atom stereocenters. The molecule has 0 bridgehead atoms. The van der Waals surface area contributed by atoms with Gasteiger partial charge >= 0.3 is 0 Å². The van der Waals surface area contributed by atoms with Gasteiger partial charge in [0, 0.05) is 19.6 Å². The minimum atomic E-state index is -0.467. The van der Waals surface area contributed by atoms with Gasteiger partial charge in [-0.25, -0.2) is 0 Å². The number of amides is 1. The van der Waals surface area contributed by atoms with Gasteiger partial charge in [0.2, 0.25) is 5.91 Å². The molecular weight excluding hydrogens is 182 g/mol. The topological polar surface area (TPSA) is 58.6 Å². The van der Waals surface area contributed by atoms with Crippen molar-refractivity contribution in [3.63, 3.8) is 0 Å². The van der Waals surface area contributed by atoms with Crippen LogP contribution in [0.2, 0.25) is 0 Å². The van der Waals surface area contributed by atoms with Gasteiger partial charge < -0.3 is 15.2 Å². The summed E-state index contributed by atoms with van der Waals surface area (Å²) in [5.74, 6) is 0.0975. The number of hydrogen-bond donors (Lipinski definition) is 2. The van der Waals surface area contributed by atoms with Crippen molar-refractivity contribution in [2.75, 3.05) is 19.8 Å². The second-order valence-electron chi connectivity index (χ2n) is 3.56. The van der Waals surface area contributed by atoms with Crippen LogP contribution in [-0.4, -0.2) is 36.9 Å². The van der Waals surface area contributed by atoms with Crippen LogP contribution in [0.1, 0.15) is 27.2 Å². The molecule has 0 heterocycles. The Balaban J connectivity index is 3.44. The highest BCUT2D eigenvalue weighted by Crippen LogP contribution is 1.98. The third kappa shape index (κ3) is 6.86. The first-order valence-electron chi connectivity index (χ1n) is 5.10. The standard InChI is InChI=1S/C10H21NO3/c1-4-14-6-5-10(13)11-7-9(12)8(2)3/h8-9,12H,4-7H2,1-3H3,(H,11,13). The molecule has 0 radical (unpaired) electrons. The van der Waals surface area contributed by atoms with Gasteiger partial charge in [0.1, 0.15) is 0 Å². The zero-order chi connectivity index (χ0) is 11.0. The van der Waals surface area contributed by atoms with Crippen molar-refractivity contribution in [3.8, 4) is 0 Å². The molecule has 1 unspecified atom stereocenters. The van der Waals surface area contributed by atoms with E-state index in [1.165, 1.54) is 0 Å². The lowest BCUT2D eigenvalue weighted by Gasteiger charge is -2.14. The van der Waals surface area contributed by atoms with E-state index in [0.29, 0.717) is 26.2 Å². The summed E-state index contributed by atoms with van der Waals surface area (Å²) in [6.45, 7) is 7.11. The Kier molecular flexibility index (Phi) is 7.42. The Morgan fingerprint density at radius 1 is 1.50 bits per heavy atom. The number of aliphatic hydroxyl groups excluding tert-OH is 1. The molecule has 84 valence electrons. The molecule has 0 saturated heterocycles. The summed E-state index contributed by atoms with van der Waals surface area (Å²) < 4.78 is 5.04. The number of aliphatic hydroxyl groups is 1. The lowest BCUT2D eigenvalue weighted by molar-refractivity contribution is -0.122. The monoisotopic (exact) mass is 203 g/mol. The maximum Gasteiger partial charge on any atom is 0.222 e. The fourth-order valence-corrected chi connectivity index (χ4v) is 0.852. The molecule has 4 heteroatoms. The fourth-order valence-electron chi connectivity index (χ4n) is 0.852. The number of rotatable bonds is 7. The SMILES string of the molecule is CCOCCC(=O)NCC(O)C(C)C. The number of carbonyl (C=O) groups is 1. The van der Waals surface area contributed by atoms with E-state index in [1.807, 2.05) is 20.8 Å². The van der Waals surface area contributed by atoms with Crippen LogP contribution < -0.4 is 5.32 Å². The minimum Gasteiger partial charge on any atom is -0.391 e. The van der Waals surface area contributed by atoms with Gasteiger partial charge in [-0.05, 0) is 12.8 Å². The Hall–Kier alpha value is -0.610. The summed E-state index contributed by atoms with van der Waals surface area (Å²) >= 11 is 0. The molecule has 2 N–H and O–H groups in total. The normalized spacial score (nSPS) is 12.9. The zero-order valence-corrected chi connectivity index (χ0v) is 9.25. The maximum absolute atomic E-state index is 11.1. The van der Waals surface area contributed by atoms with Crippen molar-refractivity contribution >= 4 is 5.91 Å². The van der Waals surface area contributed by atoms with Crippen LogP contribution in [0.25, 0.3) is 0 Å². The van der Waals surface area contributed by atoms with Gasteiger partial charge in [0.05, 0.1) is 12.7 Å². The van der Waals surface area contributed by atoms with Crippen molar-refractivity contribution in [1.29, 1.82) is 0 Å². The first-order chi connectivity index (χ1) is 6.57. The summed E-state index contributed by atoms with van der Waals surface area (Å²) in [4.78, 5) is 11.1. The smallest absolute Gasteiger partial charge is 0.222 e. The zero-order valence-electron chi connectivity index (χ0n) is 9.25. The van der Waals surface area contributed by atoms with Crippen LogP contribution in [0.4, 0.5) is 0 Å². The molecule has 0 aliphatic rings. The summed E-state index contributed by atoms with van der Waals surface area (Å²) in [7, 11) is 0. The average molecular weight is 203 g/mol. The summed E-state index contributed by atoms with van der Waals surface area (Å²) in [6.07, 6.45) is -0.107. The molecule has 1 amide bonds. The summed E-state index contributed by atoms with van der Waals surface area (Å²) in [6, 6.07) is 0. The Morgan fingerprint density at radius 3 is 2.64 bits per heavy atom. The summed E-state index contributed by atoms with van der Waals surface area (Å²) in [5, 5.41) is 12.1. The number of nitrogens with one attached hydrogen (secondary N) is 1. The maximum atomic E-state index is 11.1. The summed E-state index contributed by atoms with van der Waals surface area (Å²) in [5.41, 5.74) is 0. The average Bonchev–Trinajstić information content (AvgIpc) is 2.14. The highest BCUT2D eigenvalue weighted by Gasteiger charge is 2.10. The van der Waals surface area contributed by atoms with E-state index < -0.39 is 6.10 Å². The minimum absolute atomic E-state index is 0.0712. The van der Waals surface area contributed by atoms with E-state index >= 15 is 0 Å². The van der Waals surface area contributed by atoms with Crippen LogP contribution in [0.3, 0.4) is 0 Å². The molecule has 0 fully saturated rings. The van der Waals surface area contributed by atoms with Gasteiger partial charge in [0.25, 0.3) is 0 Å². The van der Waals surface area contributed by atoms with Crippen molar-refractivity contribution in [1.82, 2.24) is 5.32 Å². The number of hydrogen-bond acceptors (Lipinski definition) is 3. The molecule has 0 saturated carbocycles. The van der Waals surface area contributed by atoms with E-state index in [4.69, 9.17) is 4.74 Å². The first-order valence-corrected chi connectivity index (χ1v) is 5.10. The molecular formula is C10H21NO3. The van der Waals surface area contributed by atoms with Crippen LogP contribution in [-0.2, 0) is 9.53 Å². The van der Waals surface area contributed by atoms with E-state index in [1.54, 1.807) is 0 Å². The Bertz CT molecular complexity index is 159. The predicted octanol–water partition coefficient (Wildman–Crippen LogP) is 0.546. The van der Waals surface area contributed by atoms with Gasteiger partial charge in [-0.3, -0.25) is 4.79 Å². The first kappa shape index (κ1) is 13.4. The van der Waals surface area contributed by atoms with Gasteiger partial charge in [0.15, 0.2) is 0 Å². The third-order valence-corrected chi connectivity index (χ3v) is 1.96. The van der Waals surface area contributed by atoms with Gasteiger partial charge in [-0.15, -0.1) is 0 Å². The van der Waals surface area contributed by atoms with Crippen molar-refractivity contribution in [3.05, 3.63) is 0 Å². The number of carbonyl (C=O) groups excluding carboxylic acids is 1.